The van der Waals surface area contributed by atoms with Crippen LogP contribution in [0.4, 0.5) is 13.2 Å². The lowest BCUT2D eigenvalue weighted by molar-refractivity contribution is -0.137. The van der Waals surface area contributed by atoms with Crippen LogP contribution in [0.3, 0.4) is 0 Å². The van der Waals surface area contributed by atoms with Crippen molar-refractivity contribution in [1.29, 1.82) is 0 Å². The first-order valence-corrected chi connectivity index (χ1v) is 6.83. The molecule has 1 N–H and O–H groups in total. The number of hydrogen-bond donors (Lipinski definition) is 1. The zero-order valence-corrected chi connectivity index (χ0v) is 12.8. The highest BCUT2D eigenvalue weighted by Gasteiger charge is 2.31. The number of amides is 1. The molecule has 1 amide bonds. The zero-order valence-electron chi connectivity index (χ0n) is 11.2. The Balaban J connectivity index is 2.92. The van der Waals surface area contributed by atoms with E-state index in [2.05, 4.69) is 21.2 Å². The van der Waals surface area contributed by atoms with Gasteiger partial charge in [0.15, 0.2) is 0 Å². The fourth-order valence-corrected chi connectivity index (χ4v) is 2.08. The molecule has 0 aromatic heterocycles. The quantitative estimate of drug-likeness (QED) is 0.825. The topological polar surface area (TPSA) is 32.3 Å². The summed E-state index contributed by atoms with van der Waals surface area (Å²) in [5.41, 5.74) is -0.806. The van der Waals surface area contributed by atoms with Crippen LogP contribution in [0.15, 0.2) is 22.7 Å². The number of hydrogen-bond acceptors (Lipinski definition) is 2. The molecular formula is C13H16BrF3N2O. The van der Waals surface area contributed by atoms with Gasteiger partial charge in [0.05, 0.1) is 11.1 Å². The molecule has 0 fully saturated rings. The van der Waals surface area contributed by atoms with Gasteiger partial charge in [-0.05, 0) is 54.1 Å². The summed E-state index contributed by atoms with van der Waals surface area (Å²) in [6, 6.07) is 3.07. The van der Waals surface area contributed by atoms with E-state index in [0.29, 0.717) is 11.0 Å². The molecule has 3 nitrogen and oxygen atoms in total. The number of benzene rings is 1. The van der Waals surface area contributed by atoms with Crippen LogP contribution in [-0.2, 0) is 6.18 Å². The third-order valence-corrected chi connectivity index (χ3v) is 3.48. The molecule has 0 spiro atoms. The van der Waals surface area contributed by atoms with Crippen molar-refractivity contribution in [2.75, 3.05) is 27.2 Å². The molecule has 0 radical (unpaired) electrons. The molecule has 20 heavy (non-hydrogen) atoms. The maximum Gasteiger partial charge on any atom is 0.416 e. The van der Waals surface area contributed by atoms with Gasteiger partial charge in [-0.2, -0.15) is 13.2 Å². The Hall–Kier alpha value is -1.08. The van der Waals surface area contributed by atoms with Crippen LogP contribution in [0.25, 0.3) is 0 Å². The van der Waals surface area contributed by atoms with Gasteiger partial charge in [-0.15, -0.1) is 0 Å². The molecule has 0 saturated carbocycles. The van der Waals surface area contributed by atoms with Gasteiger partial charge in [0.1, 0.15) is 0 Å². The van der Waals surface area contributed by atoms with Crippen molar-refractivity contribution in [3.05, 3.63) is 33.8 Å². The van der Waals surface area contributed by atoms with Crippen LogP contribution in [0.1, 0.15) is 22.3 Å². The van der Waals surface area contributed by atoms with E-state index in [1.807, 2.05) is 0 Å². The van der Waals surface area contributed by atoms with Crippen molar-refractivity contribution in [1.82, 2.24) is 10.2 Å². The summed E-state index contributed by atoms with van der Waals surface area (Å²) in [5.74, 6) is -0.431. The summed E-state index contributed by atoms with van der Waals surface area (Å²) < 4.78 is 38.3. The second-order valence-electron chi connectivity index (χ2n) is 4.38. The molecule has 1 rings (SSSR count). The monoisotopic (exact) mass is 352 g/mol. The molecule has 0 aliphatic rings. The minimum absolute atomic E-state index is 0.0202. The van der Waals surface area contributed by atoms with Crippen LogP contribution >= 0.6 is 15.9 Å². The Labute approximate surface area is 124 Å². The smallest absolute Gasteiger partial charge is 0.342 e. The highest BCUT2D eigenvalue weighted by atomic mass is 79.9. The fourth-order valence-electron chi connectivity index (χ4n) is 1.67. The van der Waals surface area contributed by atoms with Gasteiger partial charge in [0.25, 0.3) is 5.91 Å². The predicted molar refractivity (Wildman–Crippen MR) is 74.6 cm³/mol. The van der Waals surface area contributed by atoms with Crippen molar-refractivity contribution in [3.63, 3.8) is 0 Å². The van der Waals surface area contributed by atoms with Gasteiger partial charge in [-0.3, -0.25) is 4.79 Å². The first kappa shape index (κ1) is 17.0. The van der Waals surface area contributed by atoms with Crippen LogP contribution in [-0.4, -0.2) is 38.0 Å². The number of carbonyl (C=O) groups is 1. The maximum absolute atomic E-state index is 12.7. The lowest BCUT2D eigenvalue weighted by Gasteiger charge is -2.18. The largest absolute Gasteiger partial charge is 0.416 e. The molecule has 0 aliphatic carbocycles. The highest BCUT2D eigenvalue weighted by molar-refractivity contribution is 9.10. The van der Waals surface area contributed by atoms with Crippen LogP contribution in [0.5, 0.6) is 0 Å². The number of halogens is 4. The van der Waals surface area contributed by atoms with E-state index >= 15 is 0 Å². The summed E-state index contributed by atoms with van der Waals surface area (Å²) in [6.07, 6.45) is -3.73. The minimum atomic E-state index is -4.46. The Morgan fingerprint density at radius 3 is 2.60 bits per heavy atom. The molecule has 0 unspecified atom stereocenters. The average Bonchev–Trinajstić information content (AvgIpc) is 2.37. The second kappa shape index (κ2) is 7.08. The molecule has 1 aromatic rings. The Morgan fingerprint density at radius 2 is 2.05 bits per heavy atom. The SMILES string of the molecule is CNCCCN(C)C(=O)c1cc(C(F)(F)F)ccc1Br. The Kier molecular flexibility index (Phi) is 6.01. The number of nitrogens with zero attached hydrogens (tertiary/aromatic N) is 1. The van der Waals surface area contributed by atoms with E-state index in [-0.39, 0.29) is 5.56 Å². The minimum Gasteiger partial charge on any atom is -0.342 e. The predicted octanol–water partition coefficient (Wildman–Crippen LogP) is 3.15. The van der Waals surface area contributed by atoms with Gasteiger partial charge in [-0.25, -0.2) is 0 Å². The molecule has 112 valence electrons. The van der Waals surface area contributed by atoms with E-state index in [1.165, 1.54) is 11.0 Å². The van der Waals surface area contributed by atoms with Gasteiger partial charge in [-0.1, -0.05) is 0 Å². The van der Waals surface area contributed by atoms with Crippen LogP contribution in [0.2, 0.25) is 0 Å². The van der Waals surface area contributed by atoms with E-state index in [4.69, 9.17) is 0 Å². The van der Waals surface area contributed by atoms with Crippen LogP contribution in [0, 0.1) is 0 Å². The third kappa shape index (κ3) is 4.49. The van der Waals surface area contributed by atoms with Crippen molar-refractivity contribution in [2.45, 2.75) is 12.6 Å². The van der Waals surface area contributed by atoms with Gasteiger partial charge in [0, 0.05) is 18.1 Å². The molecule has 7 heteroatoms. The van der Waals surface area contributed by atoms with Gasteiger partial charge >= 0.3 is 6.18 Å². The lowest BCUT2D eigenvalue weighted by Crippen LogP contribution is -2.30. The molecule has 0 aliphatic heterocycles. The Morgan fingerprint density at radius 1 is 1.40 bits per heavy atom. The zero-order chi connectivity index (χ0) is 15.3. The van der Waals surface area contributed by atoms with Crippen molar-refractivity contribution >= 4 is 21.8 Å². The standard InChI is InChI=1S/C13H16BrF3N2O/c1-18-6-3-7-19(2)12(20)10-8-9(13(15,16)17)4-5-11(10)14/h4-5,8,18H,3,6-7H2,1-2H3. The summed E-state index contributed by atoms with van der Waals surface area (Å²) in [4.78, 5) is 13.6. The van der Waals surface area contributed by atoms with Gasteiger partial charge < -0.3 is 10.2 Å². The van der Waals surface area contributed by atoms with Crippen molar-refractivity contribution < 1.29 is 18.0 Å². The highest BCUT2D eigenvalue weighted by Crippen LogP contribution is 2.32. The number of alkyl halides is 3. The number of rotatable bonds is 5. The molecule has 0 saturated heterocycles. The summed E-state index contributed by atoms with van der Waals surface area (Å²) in [6.45, 7) is 1.21. The summed E-state index contributed by atoms with van der Waals surface area (Å²) in [5, 5.41) is 2.95. The van der Waals surface area contributed by atoms with E-state index < -0.39 is 17.6 Å². The lowest BCUT2D eigenvalue weighted by atomic mass is 10.1. The molecule has 1 aromatic carbocycles. The van der Waals surface area contributed by atoms with Gasteiger partial charge in [0.2, 0.25) is 0 Å². The molecular weight excluding hydrogens is 337 g/mol. The third-order valence-electron chi connectivity index (χ3n) is 2.79. The van der Waals surface area contributed by atoms with E-state index in [9.17, 15) is 18.0 Å². The molecule has 0 atom stereocenters. The van der Waals surface area contributed by atoms with E-state index in [0.717, 1.165) is 25.1 Å². The normalized spacial score (nSPS) is 11.5. The van der Waals surface area contributed by atoms with E-state index in [1.54, 1.807) is 14.1 Å². The van der Waals surface area contributed by atoms with Crippen molar-refractivity contribution in [2.24, 2.45) is 0 Å². The summed E-state index contributed by atoms with van der Waals surface area (Å²) in [7, 11) is 3.37. The first-order valence-electron chi connectivity index (χ1n) is 6.04. The first-order chi connectivity index (χ1) is 9.27. The molecule has 0 heterocycles. The average molecular weight is 353 g/mol. The Bertz CT molecular complexity index is 477. The second-order valence-corrected chi connectivity index (χ2v) is 5.23. The number of nitrogens with one attached hydrogen (secondary N) is 1. The van der Waals surface area contributed by atoms with Crippen molar-refractivity contribution in [3.8, 4) is 0 Å². The number of carbonyl (C=O) groups excluding carboxylic acids is 1. The van der Waals surface area contributed by atoms with Crippen LogP contribution < -0.4 is 5.32 Å². The fraction of sp³-hybridized carbons (Fsp3) is 0.462. The molecule has 0 bridgehead atoms. The summed E-state index contributed by atoms with van der Waals surface area (Å²) >= 11 is 3.12. The maximum atomic E-state index is 12.7.